The summed E-state index contributed by atoms with van der Waals surface area (Å²) >= 11 is 0. The van der Waals surface area contributed by atoms with Crippen LogP contribution in [0.25, 0.3) is 0 Å². The van der Waals surface area contributed by atoms with Gasteiger partial charge < -0.3 is 5.73 Å². The number of carbonyl (C=O) groups excluding carboxylic acids is 1. The van der Waals surface area contributed by atoms with E-state index in [0.29, 0.717) is 0 Å². The first-order valence-corrected chi connectivity index (χ1v) is 5.05. The molecule has 2 heteroatoms. The summed E-state index contributed by atoms with van der Waals surface area (Å²) in [5.41, 5.74) is 6.11. The van der Waals surface area contributed by atoms with Crippen molar-refractivity contribution in [1.82, 2.24) is 0 Å². The Labute approximate surface area is 86.9 Å². The minimum absolute atomic E-state index is 0.164. The van der Waals surface area contributed by atoms with Gasteiger partial charge in [0, 0.05) is 0 Å². The fraction of sp³-hybridized carbons (Fsp3) is 0.583. The lowest BCUT2D eigenvalue weighted by Gasteiger charge is -2.09. The van der Waals surface area contributed by atoms with Crippen LogP contribution in [-0.4, -0.2) is 5.91 Å². The second-order valence-electron chi connectivity index (χ2n) is 3.58. The second kappa shape index (κ2) is 5.63. The molecule has 1 rings (SSSR count). The average Bonchev–Trinajstić information content (AvgIpc) is 2.98. The number of amides is 1. The van der Waals surface area contributed by atoms with Crippen LogP contribution in [0.15, 0.2) is 23.8 Å². The highest BCUT2D eigenvalue weighted by Crippen LogP contribution is 2.51. The molecule has 0 saturated heterocycles. The zero-order chi connectivity index (χ0) is 11.2. The molecule has 1 fully saturated rings. The van der Waals surface area contributed by atoms with E-state index in [1.54, 1.807) is 0 Å². The van der Waals surface area contributed by atoms with Crippen LogP contribution < -0.4 is 5.73 Å². The zero-order valence-corrected chi connectivity index (χ0v) is 9.63. The maximum Gasteiger partial charge on any atom is 0.227 e. The quantitative estimate of drug-likeness (QED) is 0.676. The van der Waals surface area contributed by atoms with Gasteiger partial charge in [-0.3, -0.25) is 4.79 Å². The van der Waals surface area contributed by atoms with Crippen molar-refractivity contribution in [3.05, 3.63) is 23.8 Å². The highest BCUT2D eigenvalue weighted by molar-refractivity contribution is 5.87. The number of allylic oxidation sites excluding steroid dienone is 3. The van der Waals surface area contributed by atoms with E-state index in [1.807, 2.05) is 45.9 Å². The summed E-state index contributed by atoms with van der Waals surface area (Å²) in [6.07, 6.45) is 7.86. The molecule has 0 aromatic heterocycles. The normalized spacial score (nSPS) is 18.7. The van der Waals surface area contributed by atoms with E-state index in [-0.39, 0.29) is 11.3 Å². The highest BCUT2D eigenvalue weighted by atomic mass is 16.1. The summed E-state index contributed by atoms with van der Waals surface area (Å²) in [4.78, 5) is 10.9. The molecule has 0 unspecified atom stereocenters. The third-order valence-electron chi connectivity index (χ3n) is 2.74. The lowest BCUT2D eigenvalue weighted by Crippen LogP contribution is -2.25. The summed E-state index contributed by atoms with van der Waals surface area (Å²) in [6, 6.07) is 0. The number of hydrogen-bond donors (Lipinski definition) is 1. The van der Waals surface area contributed by atoms with E-state index in [0.717, 1.165) is 18.4 Å². The molecule has 14 heavy (non-hydrogen) atoms. The van der Waals surface area contributed by atoms with Crippen molar-refractivity contribution in [3.8, 4) is 0 Å². The number of nitrogens with two attached hydrogens (primary N) is 1. The van der Waals surface area contributed by atoms with Crippen molar-refractivity contribution in [2.75, 3.05) is 0 Å². The Hall–Kier alpha value is -1.05. The molecule has 0 aliphatic heterocycles. The van der Waals surface area contributed by atoms with Crippen molar-refractivity contribution < 1.29 is 4.79 Å². The number of primary amides is 1. The van der Waals surface area contributed by atoms with E-state index in [4.69, 9.17) is 5.73 Å². The molecule has 0 radical (unpaired) electrons. The van der Waals surface area contributed by atoms with E-state index in [2.05, 4.69) is 0 Å². The van der Waals surface area contributed by atoms with Gasteiger partial charge in [0.25, 0.3) is 0 Å². The van der Waals surface area contributed by atoms with Gasteiger partial charge in [-0.25, -0.2) is 0 Å². The zero-order valence-electron chi connectivity index (χ0n) is 9.63. The van der Waals surface area contributed by atoms with E-state index >= 15 is 0 Å². The summed E-state index contributed by atoms with van der Waals surface area (Å²) < 4.78 is 0. The van der Waals surface area contributed by atoms with Crippen LogP contribution in [0.2, 0.25) is 0 Å². The summed E-state index contributed by atoms with van der Waals surface area (Å²) in [5, 5.41) is 0. The molecule has 0 heterocycles. The molecule has 0 aromatic rings. The number of hydrogen-bond acceptors (Lipinski definition) is 1. The molecule has 1 amide bonds. The first kappa shape index (κ1) is 12.9. The van der Waals surface area contributed by atoms with Gasteiger partial charge in [0.05, 0.1) is 5.41 Å². The Bertz CT molecular complexity index is 243. The Morgan fingerprint density at radius 3 is 1.71 bits per heavy atom. The van der Waals surface area contributed by atoms with Gasteiger partial charge in [-0.2, -0.15) is 0 Å². The largest absolute Gasteiger partial charge is 0.369 e. The average molecular weight is 195 g/mol. The molecule has 0 aromatic carbocycles. The minimum atomic E-state index is -0.241. The molecule has 2 N–H and O–H groups in total. The third-order valence-corrected chi connectivity index (χ3v) is 2.74. The van der Waals surface area contributed by atoms with Crippen LogP contribution in [0.1, 0.15) is 40.5 Å². The fourth-order valence-corrected chi connectivity index (χ4v) is 1.24. The first-order chi connectivity index (χ1) is 6.55. The Balaban J connectivity index is 0.000000364. The number of rotatable bonds is 2. The van der Waals surface area contributed by atoms with Gasteiger partial charge in [-0.15, -0.1) is 0 Å². The molecule has 80 valence electrons. The summed E-state index contributed by atoms with van der Waals surface area (Å²) in [5.74, 6) is -0.164. The predicted molar refractivity (Wildman–Crippen MR) is 60.8 cm³/mol. The number of carbonyl (C=O) groups is 1. The predicted octanol–water partition coefficient (Wildman–Crippen LogP) is 2.80. The van der Waals surface area contributed by atoms with Crippen LogP contribution in [-0.2, 0) is 4.79 Å². The van der Waals surface area contributed by atoms with Crippen LogP contribution >= 0.6 is 0 Å². The van der Waals surface area contributed by atoms with E-state index in [1.165, 1.54) is 0 Å². The standard InChI is InChI=1S/C8H13NO.C4H8/c1-3-6(2)8(4-5-8)7(9)10;1-3-4-2/h3H,4-5H2,1-2H3,(H2,9,10);3-4H,1-2H3/b6-3+;4-3-. The molecule has 0 atom stereocenters. The lowest BCUT2D eigenvalue weighted by molar-refractivity contribution is -0.121. The monoisotopic (exact) mass is 195 g/mol. The van der Waals surface area contributed by atoms with Crippen LogP contribution in [0, 0.1) is 5.41 Å². The molecular formula is C12H21NO. The van der Waals surface area contributed by atoms with Gasteiger partial charge in [0.2, 0.25) is 5.91 Å². The Morgan fingerprint density at radius 2 is 1.64 bits per heavy atom. The molecular weight excluding hydrogens is 174 g/mol. The topological polar surface area (TPSA) is 43.1 Å². The van der Waals surface area contributed by atoms with Crippen molar-refractivity contribution in [1.29, 1.82) is 0 Å². The maximum atomic E-state index is 10.9. The van der Waals surface area contributed by atoms with Gasteiger partial charge in [-0.05, 0) is 40.5 Å². The van der Waals surface area contributed by atoms with E-state index in [9.17, 15) is 4.79 Å². The highest BCUT2D eigenvalue weighted by Gasteiger charge is 2.49. The van der Waals surface area contributed by atoms with Crippen LogP contribution in [0.5, 0.6) is 0 Å². The molecule has 0 spiro atoms. The molecule has 1 aliphatic carbocycles. The van der Waals surface area contributed by atoms with E-state index < -0.39 is 0 Å². The van der Waals surface area contributed by atoms with Crippen LogP contribution in [0.3, 0.4) is 0 Å². The lowest BCUT2D eigenvalue weighted by atomic mass is 9.97. The molecule has 1 aliphatic rings. The van der Waals surface area contributed by atoms with Crippen molar-refractivity contribution in [3.63, 3.8) is 0 Å². The minimum Gasteiger partial charge on any atom is -0.369 e. The van der Waals surface area contributed by atoms with Crippen molar-refractivity contribution in [2.45, 2.75) is 40.5 Å². The second-order valence-corrected chi connectivity index (χ2v) is 3.58. The first-order valence-electron chi connectivity index (χ1n) is 5.05. The molecule has 1 saturated carbocycles. The van der Waals surface area contributed by atoms with Crippen LogP contribution in [0.4, 0.5) is 0 Å². The van der Waals surface area contributed by atoms with Gasteiger partial charge in [0.15, 0.2) is 0 Å². The summed E-state index contributed by atoms with van der Waals surface area (Å²) in [7, 11) is 0. The third kappa shape index (κ3) is 3.02. The van der Waals surface area contributed by atoms with Crippen molar-refractivity contribution in [2.24, 2.45) is 11.1 Å². The van der Waals surface area contributed by atoms with Crippen molar-refractivity contribution >= 4 is 5.91 Å². The molecule has 0 bridgehead atoms. The smallest absolute Gasteiger partial charge is 0.227 e. The van der Waals surface area contributed by atoms with Gasteiger partial charge in [0.1, 0.15) is 0 Å². The van der Waals surface area contributed by atoms with Gasteiger partial charge >= 0.3 is 0 Å². The fourth-order valence-electron chi connectivity index (χ4n) is 1.24. The Morgan fingerprint density at radius 1 is 1.21 bits per heavy atom. The van der Waals surface area contributed by atoms with Gasteiger partial charge in [-0.1, -0.05) is 23.8 Å². The Kier molecular flexibility index (Phi) is 5.21. The summed E-state index contributed by atoms with van der Waals surface area (Å²) in [6.45, 7) is 7.91. The molecule has 2 nitrogen and oxygen atoms in total. The maximum absolute atomic E-state index is 10.9. The SMILES string of the molecule is C/C=C(\C)C1(C(N)=O)CC1.C/C=C\C.